The van der Waals surface area contributed by atoms with Crippen LogP contribution in [0.15, 0.2) is 0 Å². The fourth-order valence-corrected chi connectivity index (χ4v) is 3.48. The van der Waals surface area contributed by atoms with Crippen LogP contribution in [0.5, 0.6) is 0 Å². The summed E-state index contributed by atoms with van der Waals surface area (Å²) in [5, 5.41) is 3.38. The summed E-state index contributed by atoms with van der Waals surface area (Å²) in [4.78, 5) is 26.1. The van der Waals surface area contributed by atoms with Crippen LogP contribution in [-0.4, -0.2) is 34.3 Å². The molecule has 0 aromatic heterocycles. The SMILES string of the molecule is CCCC(C)(C)NC1CC(=O)N(C2CCCC2)C1=O. The monoisotopic (exact) mass is 266 g/mol. The highest BCUT2D eigenvalue weighted by Gasteiger charge is 2.44. The van der Waals surface area contributed by atoms with Gasteiger partial charge in [0, 0.05) is 11.6 Å². The molecule has 108 valence electrons. The molecular formula is C15H26N2O2. The number of carbonyl (C=O) groups is 2. The molecule has 2 aliphatic rings. The highest BCUT2D eigenvalue weighted by molar-refractivity contribution is 6.05. The molecule has 4 heteroatoms. The van der Waals surface area contributed by atoms with Crippen molar-refractivity contribution < 1.29 is 9.59 Å². The van der Waals surface area contributed by atoms with Crippen LogP contribution >= 0.6 is 0 Å². The summed E-state index contributed by atoms with van der Waals surface area (Å²) in [5.74, 6) is 0.0165. The standard InChI is InChI=1S/C15H26N2O2/c1-4-9-15(2,3)16-12-10-13(18)17(14(12)19)11-7-5-6-8-11/h11-12,16H,4-10H2,1-3H3. The maximum absolute atomic E-state index is 12.4. The van der Waals surface area contributed by atoms with E-state index in [0.717, 1.165) is 38.5 Å². The van der Waals surface area contributed by atoms with Crippen LogP contribution in [0.2, 0.25) is 0 Å². The number of rotatable bonds is 5. The summed E-state index contributed by atoms with van der Waals surface area (Å²) >= 11 is 0. The van der Waals surface area contributed by atoms with Gasteiger partial charge >= 0.3 is 0 Å². The van der Waals surface area contributed by atoms with Gasteiger partial charge in [0.05, 0.1) is 12.5 Å². The quantitative estimate of drug-likeness (QED) is 0.776. The minimum Gasteiger partial charge on any atom is -0.300 e. The Morgan fingerprint density at radius 1 is 1.26 bits per heavy atom. The summed E-state index contributed by atoms with van der Waals surface area (Å²) < 4.78 is 0. The van der Waals surface area contributed by atoms with Gasteiger partial charge in [-0.3, -0.25) is 14.5 Å². The number of imide groups is 1. The van der Waals surface area contributed by atoms with Gasteiger partial charge in [-0.15, -0.1) is 0 Å². The third-order valence-electron chi connectivity index (χ3n) is 4.31. The lowest BCUT2D eigenvalue weighted by Crippen LogP contribution is -2.50. The van der Waals surface area contributed by atoms with Crippen LogP contribution in [0.3, 0.4) is 0 Å². The average molecular weight is 266 g/mol. The minimum absolute atomic E-state index is 0.000998. The first-order valence-corrected chi connectivity index (χ1v) is 7.58. The van der Waals surface area contributed by atoms with Crippen molar-refractivity contribution in [3.8, 4) is 0 Å². The number of hydrogen-bond donors (Lipinski definition) is 1. The third-order valence-corrected chi connectivity index (χ3v) is 4.31. The molecule has 0 bridgehead atoms. The Balaban J connectivity index is 2.01. The van der Waals surface area contributed by atoms with Gasteiger partial charge in [0.25, 0.3) is 0 Å². The Kier molecular flexibility index (Phi) is 4.29. The number of hydrogen-bond acceptors (Lipinski definition) is 3. The number of likely N-dealkylation sites (tertiary alicyclic amines) is 1. The van der Waals surface area contributed by atoms with Crippen LogP contribution in [0, 0.1) is 0 Å². The molecule has 1 heterocycles. The van der Waals surface area contributed by atoms with Gasteiger partial charge in [-0.25, -0.2) is 0 Å². The van der Waals surface area contributed by atoms with E-state index in [-0.39, 0.29) is 29.4 Å². The van der Waals surface area contributed by atoms with Crippen molar-refractivity contribution in [1.29, 1.82) is 0 Å². The molecule has 1 aliphatic carbocycles. The summed E-state index contributed by atoms with van der Waals surface area (Å²) in [7, 11) is 0. The smallest absolute Gasteiger partial charge is 0.247 e. The lowest BCUT2D eigenvalue weighted by Gasteiger charge is -2.29. The predicted molar refractivity (Wildman–Crippen MR) is 74.6 cm³/mol. The van der Waals surface area contributed by atoms with Crippen molar-refractivity contribution in [3.05, 3.63) is 0 Å². The molecule has 19 heavy (non-hydrogen) atoms. The number of carbonyl (C=O) groups excluding carboxylic acids is 2. The van der Waals surface area contributed by atoms with E-state index in [1.165, 1.54) is 0 Å². The topological polar surface area (TPSA) is 49.4 Å². The van der Waals surface area contributed by atoms with E-state index >= 15 is 0 Å². The highest BCUT2D eigenvalue weighted by atomic mass is 16.2. The van der Waals surface area contributed by atoms with Crippen LogP contribution in [0.1, 0.15) is 65.7 Å². The van der Waals surface area contributed by atoms with Crippen LogP contribution in [0.25, 0.3) is 0 Å². The maximum atomic E-state index is 12.4. The van der Waals surface area contributed by atoms with Crippen molar-refractivity contribution in [3.63, 3.8) is 0 Å². The van der Waals surface area contributed by atoms with Crippen LogP contribution < -0.4 is 5.32 Å². The second-order valence-electron chi connectivity index (χ2n) is 6.58. The molecule has 1 saturated heterocycles. The van der Waals surface area contributed by atoms with Crippen molar-refractivity contribution >= 4 is 11.8 Å². The zero-order valence-corrected chi connectivity index (χ0v) is 12.4. The van der Waals surface area contributed by atoms with Gasteiger partial charge in [0.15, 0.2) is 0 Å². The average Bonchev–Trinajstić information content (AvgIpc) is 2.88. The summed E-state index contributed by atoms with van der Waals surface area (Å²) in [6, 6.07) is -0.143. The molecule has 2 amide bonds. The molecule has 0 spiro atoms. The van der Waals surface area contributed by atoms with Crippen LogP contribution in [0.4, 0.5) is 0 Å². The highest BCUT2D eigenvalue weighted by Crippen LogP contribution is 2.29. The van der Waals surface area contributed by atoms with Gasteiger partial charge < -0.3 is 5.32 Å². The molecule has 1 unspecified atom stereocenters. The Morgan fingerprint density at radius 3 is 2.47 bits per heavy atom. The van der Waals surface area contributed by atoms with Gasteiger partial charge in [-0.2, -0.15) is 0 Å². The van der Waals surface area contributed by atoms with E-state index in [1.54, 1.807) is 4.90 Å². The van der Waals surface area contributed by atoms with Gasteiger partial charge in [0.2, 0.25) is 11.8 Å². The molecule has 0 aromatic rings. The third kappa shape index (κ3) is 3.16. The van der Waals surface area contributed by atoms with E-state index in [2.05, 4.69) is 26.1 Å². The predicted octanol–water partition coefficient (Wildman–Crippen LogP) is 2.22. The van der Waals surface area contributed by atoms with Gasteiger partial charge in [-0.05, 0) is 33.1 Å². The zero-order valence-electron chi connectivity index (χ0n) is 12.4. The molecule has 2 fully saturated rings. The Labute approximate surface area is 115 Å². The van der Waals surface area contributed by atoms with Crippen LogP contribution in [-0.2, 0) is 9.59 Å². The van der Waals surface area contributed by atoms with E-state index in [9.17, 15) is 9.59 Å². The second-order valence-corrected chi connectivity index (χ2v) is 6.58. The molecule has 0 aromatic carbocycles. The summed E-state index contributed by atoms with van der Waals surface area (Å²) in [6.07, 6.45) is 6.67. The Hall–Kier alpha value is -0.900. The first-order valence-electron chi connectivity index (χ1n) is 7.58. The number of nitrogens with zero attached hydrogens (tertiary/aromatic N) is 1. The van der Waals surface area contributed by atoms with E-state index in [0.29, 0.717) is 6.42 Å². The first kappa shape index (κ1) is 14.5. The Bertz CT molecular complexity index is 359. The lowest BCUT2D eigenvalue weighted by atomic mass is 9.97. The van der Waals surface area contributed by atoms with Crippen molar-refractivity contribution in [2.75, 3.05) is 0 Å². The lowest BCUT2D eigenvalue weighted by molar-refractivity contribution is -0.141. The number of amides is 2. The molecule has 4 nitrogen and oxygen atoms in total. The molecule has 1 aliphatic heterocycles. The van der Waals surface area contributed by atoms with E-state index in [1.807, 2.05) is 0 Å². The maximum Gasteiger partial charge on any atom is 0.247 e. The largest absolute Gasteiger partial charge is 0.300 e. The Morgan fingerprint density at radius 2 is 1.89 bits per heavy atom. The zero-order chi connectivity index (χ0) is 14.0. The van der Waals surface area contributed by atoms with Crippen molar-refractivity contribution in [1.82, 2.24) is 10.2 Å². The summed E-state index contributed by atoms with van der Waals surface area (Å²) in [5.41, 5.74) is -0.0823. The first-order chi connectivity index (χ1) is 8.94. The fraction of sp³-hybridized carbons (Fsp3) is 0.867. The number of nitrogens with one attached hydrogen (secondary N) is 1. The second kappa shape index (κ2) is 5.61. The normalized spacial score (nSPS) is 25.6. The molecule has 0 radical (unpaired) electrons. The molecular weight excluding hydrogens is 240 g/mol. The van der Waals surface area contributed by atoms with Gasteiger partial charge in [-0.1, -0.05) is 26.2 Å². The van der Waals surface area contributed by atoms with Gasteiger partial charge in [0.1, 0.15) is 0 Å². The molecule has 1 atom stereocenters. The fourth-order valence-electron chi connectivity index (χ4n) is 3.48. The molecule has 1 saturated carbocycles. The van der Waals surface area contributed by atoms with E-state index < -0.39 is 0 Å². The molecule has 2 rings (SSSR count). The van der Waals surface area contributed by atoms with E-state index in [4.69, 9.17) is 0 Å². The van der Waals surface area contributed by atoms with Crippen molar-refractivity contribution in [2.45, 2.75) is 83.3 Å². The summed E-state index contributed by atoms with van der Waals surface area (Å²) in [6.45, 7) is 6.34. The van der Waals surface area contributed by atoms with Crippen molar-refractivity contribution in [2.24, 2.45) is 0 Å². The minimum atomic E-state index is -0.311. The molecule has 1 N–H and O–H groups in total.